The second kappa shape index (κ2) is 9.20. The number of carbonyl (C=O) groups excluding carboxylic acids is 2. The summed E-state index contributed by atoms with van der Waals surface area (Å²) in [5.74, 6) is -0.0506. The van der Waals surface area contributed by atoms with Crippen LogP contribution < -0.4 is 10.6 Å². The third kappa shape index (κ3) is 5.11. The molecule has 3 aromatic rings. The van der Waals surface area contributed by atoms with E-state index in [1.165, 1.54) is 0 Å². The molecule has 0 spiro atoms. The van der Waals surface area contributed by atoms with Crippen molar-refractivity contribution in [3.05, 3.63) is 101 Å². The monoisotopic (exact) mass is 386 g/mol. The molecule has 0 radical (unpaired) electrons. The zero-order valence-electron chi connectivity index (χ0n) is 17.0. The lowest BCUT2D eigenvalue weighted by molar-refractivity contribution is 0.0938. The Kier molecular flexibility index (Phi) is 6.45. The molecule has 0 heterocycles. The van der Waals surface area contributed by atoms with Crippen molar-refractivity contribution in [2.24, 2.45) is 0 Å². The molecule has 4 nitrogen and oxygen atoms in total. The van der Waals surface area contributed by atoms with Crippen LogP contribution in [0.2, 0.25) is 0 Å². The maximum atomic E-state index is 12.6. The second-order valence-electron chi connectivity index (χ2n) is 7.38. The number of rotatable bonds is 6. The summed E-state index contributed by atoms with van der Waals surface area (Å²) < 4.78 is 0. The van der Waals surface area contributed by atoms with E-state index in [2.05, 4.69) is 24.5 Å². The zero-order valence-corrected chi connectivity index (χ0v) is 17.0. The molecule has 0 aliphatic carbocycles. The van der Waals surface area contributed by atoms with Crippen molar-refractivity contribution >= 4 is 17.5 Å². The third-order valence-electron chi connectivity index (χ3n) is 4.89. The summed E-state index contributed by atoms with van der Waals surface area (Å²) in [6, 6.07) is 24.2. The molecule has 2 N–H and O–H groups in total. The minimum absolute atomic E-state index is 0.0980. The molecule has 148 valence electrons. The van der Waals surface area contributed by atoms with E-state index in [1.54, 1.807) is 24.3 Å². The number of carbonyl (C=O) groups is 2. The Balaban J connectivity index is 1.67. The Labute approximate surface area is 172 Å². The van der Waals surface area contributed by atoms with Gasteiger partial charge in [0.1, 0.15) is 0 Å². The van der Waals surface area contributed by atoms with E-state index in [9.17, 15) is 9.59 Å². The molecule has 0 saturated heterocycles. The molecule has 2 amide bonds. The fourth-order valence-electron chi connectivity index (χ4n) is 3.19. The molecule has 1 unspecified atom stereocenters. The van der Waals surface area contributed by atoms with Gasteiger partial charge in [-0.3, -0.25) is 9.59 Å². The molecule has 0 aromatic heterocycles. The fraction of sp³-hybridized carbons (Fsp3) is 0.200. The quantitative estimate of drug-likeness (QED) is 0.583. The number of nitrogens with one attached hydrogen (secondary N) is 2. The average molecular weight is 386 g/mol. The van der Waals surface area contributed by atoms with Gasteiger partial charge in [-0.15, -0.1) is 0 Å². The number of hydrogen-bond acceptors (Lipinski definition) is 2. The van der Waals surface area contributed by atoms with Gasteiger partial charge in [-0.1, -0.05) is 62.4 Å². The normalized spacial score (nSPS) is 11.7. The van der Waals surface area contributed by atoms with Gasteiger partial charge < -0.3 is 10.6 Å². The van der Waals surface area contributed by atoms with Gasteiger partial charge in [-0.05, 0) is 54.3 Å². The van der Waals surface area contributed by atoms with Gasteiger partial charge in [0.05, 0.1) is 6.04 Å². The molecular formula is C25H26N2O2. The lowest BCUT2D eigenvalue weighted by Crippen LogP contribution is -2.26. The first-order chi connectivity index (χ1) is 14.0. The first kappa shape index (κ1) is 20.3. The molecule has 0 saturated carbocycles. The van der Waals surface area contributed by atoms with Crippen molar-refractivity contribution in [3.8, 4) is 0 Å². The van der Waals surface area contributed by atoms with E-state index < -0.39 is 0 Å². The standard InChI is InChI=1S/C25H26N2O2/c1-17(2)22-11-7-8-12-23(22)27-25(29)21-15-13-20(14-16-21)24(28)26-18(3)19-9-5-4-6-10-19/h4-18H,1-3H3,(H,26,28)(H,27,29). The summed E-state index contributed by atoms with van der Waals surface area (Å²) in [6.45, 7) is 6.13. The molecule has 29 heavy (non-hydrogen) atoms. The summed E-state index contributed by atoms with van der Waals surface area (Å²) >= 11 is 0. The second-order valence-corrected chi connectivity index (χ2v) is 7.38. The van der Waals surface area contributed by atoms with Crippen LogP contribution in [0.3, 0.4) is 0 Å². The topological polar surface area (TPSA) is 58.2 Å². The molecule has 4 heteroatoms. The van der Waals surface area contributed by atoms with Crippen LogP contribution in [0.4, 0.5) is 5.69 Å². The molecule has 0 aliphatic rings. The van der Waals surface area contributed by atoms with Crippen molar-refractivity contribution in [1.29, 1.82) is 0 Å². The van der Waals surface area contributed by atoms with Gasteiger partial charge >= 0.3 is 0 Å². The van der Waals surface area contributed by atoms with E-state index in [-0.39, 0.29) is 17.9 Å². The molecule has 3 aromatic carbocycles. The maximum absolute atomic E-state index is 12.6. The van der Waals surface area contributed by atoms with Crippen LogP contribution >= 0.6 is 0 Å². The predicted molar refractivity (Wildman–Crippen MR) is 117 cm³/mol. The lowest BCUT2D eigenvalue weighted by atomic mass is 10.0. The number of benzene rings is 3. The molecule has 0 fully saturated rings. The smallest absolute Gasteiger partial charge is 0.255 e. The maximum Gasteiger partial charge on any atom is 0.255 e. The molecule has 3 rings (SSSR count). The lowest BCUT2D eigenvalue weighted by Gasteiger charge is -2.15. The minimum atomic E-state index is -0.192. The molecule has 1 atom stereocenters. The summed E-state index contributed by atoms with van der Waals surface area (Å²) in [5, 5.41) is 5.95. The predicted octanol–water partition coefficient (Wildman–Crippen LogP) is 5.55. The molecule has 0 bridgehead atoms. The van der Waals surface area contributed by atoms with Gasteiger partial charge in [0, 0.05) is 16.8 Å². The third-order valence-corrected chi connectivity index (χ3v) is 4.89. The number of hydrogen-bond donors (Lipinski definition) is 2. The summed E-state index contributed by atoms with van der Waals surface area (Å²) in [6.07, 6.45) is 0. The largest absolute Gasteiger partial charge is 0.346 e. The molecular weight excluding hydrogens is 360 g/mol. The van der Waals surface area contributed by atoms with E-state index in [0.29, 0.717) is 17.0 Å². The highest BCUT2D eigenvalue weighted by molar-refractivity contribution is 6.05. The number of amides is 2. The summed E-state index contributed by atoms with van der Waals surface area (Å²) in [7, 11) is 0. The highest BCUT2D eigenvalue weighted by atomic mass is 16.2. The fourth-order valence-corrected chi connectivity index (χ4v) is 3.19. The zero-order chi connectivity index (χ0) is 20.8. The van der Waals surface area contributed by atoms with Crippen LogP contribution in [-0.2, 0) is 0 Å². The number of para-hydroxylation sites is 1. The van der Waals surface area contributed by atoms with E-state index in [1.807, 2.05) is 61.5 Å². The first-order valence-corrected chi connectivity index (χ1v) is 9.82. The van der Waals surface area contributed by atoms with Gasteiger partial charge in [0.2, 0.25) is 0 Å². The highest BCUT2D eigenvalue weighted by Crippen LogP contribution is 2.24. The average Bonchev–Trinajstić information content (AvgIpc) is 2.74. The van der Waals surface area contributed by atoms with E-state index in [0.717, 1.165) is 16.8 Å². The Morgan fingerprint density at radius 3 is 1.86 bits per heavy atom. The van der Waals surface area contributed by atoms with Crippen LogP contribution in [0, 0.1) is 0 Å². The minimum Gasteiger partial charge on any atom is -0.346 e. The Morgan fingerprint density at radius 2 is 1.24 bits per heavy atom. The van der Waals surface area contributed by atoms with Crippen molar-refractivity contribution in [2.75, 3.05) is 5.32 Å². The Bertz CT molecular complexity index is 979. The van der Waals surface area contributed by atoms with Crippen LogP contribution in [0.1, 0.15) is 64.6 Å². The Hall–Kier alpha value is -3.40. The van der Waals surface area contributed by atoms with Crippen molar-refractivity contribution in [3.63, 3.8) is 0 Å². The van der Waals surface area contributed by atoms with Gasteiger partial charge in [-0.2, -0.15) is 0 Å². The van der Waals surface area contributed by atoms with Gasteiger partial charge in [0.25, 0.3) is 11.8 Å². The van der Waals surface area contributed by atoms with Gasteiger partial charge in [-0.25, -0.2) is 0 Å². The molecule has 0 aliphatic heterocycles. The summed E-state index contributed by atoms with van der Waals surface area (Å²) in [5.41, 5.74) is 3.97. The summed E-state index contributed by atoms with van der Waals surface area (Å²) in [4.78, 5) is 25.1. The van der Waals surface area contributed by atoms with Gasteiger partial charge in [0.15, 0.2) is 0 Å². The van der Waals surface area contributed by atoms with Crippen molar-refractivity contribution in [1.82, 2.24) is 5.32 Å². The first-order valence-electron chi connectivity index (χ1n) is 9.82. The Morgan fingerprint density at radius 1 is 0.690 bits per heavy atom. The van der Waals surface area contributed by atoms with Crippen LogP contribution in [0.15, 0.2) is 78.9 Å². The van der Waals surface area contributed by atoms with Crippen LogP contribution in [0.25, 0.3) is 0 Å². The SMILES string of the molecule is CC(C)c1ccccc1NC(=O)c1ccc(C(=O)NC(C)c2ccccc2)cc1. The van der Waals surface area contributed by atoms with Crippen molar-refractivity contribution in [2.45, 2.75) is 32.7 Å². The van der Waals surface area contributed by atoms with E-state index in [4.69, 9.17) is 0 Å². The van der Waals surface area contributed by atoms with Crippen molar-refractivity contribution < 1.29 is 9.59 Å². The number of anilines is 1. The van der Waals surface area contributed by atoms with E-state index >= 15 is 0 Å². The van der Waals surface area contributed by atoms with Crippen LogP contribution in [-0.4, -0.2) is 11.8 Å². The van der Waals surface area contributed by atoms with Crippen LogP contribution in [0.5, 0.6) is 0 Å². The highest BCUT2D eigenvalue weighted by Gasteiger charge is 2.14.